The third-order valence-corrected chi connectivity index (χ3v) is 11.6. The number of nitrogens with zero attached hydrogens (tertiary/aromatic N) is 1. The lowest BCUT2D eigenvalue weighted by atomic mass is 10.0. The SMILES string of the molecule is CCCCCC/C=C/C=C/CCCCCCCCCCCCC(=O)OC(COCCC(C(=O)[O-])[N+](C)(C)C)COC(=O)CCCCCCCCCCCCCCCCCC. The second kappa shape index (κ2) is 43.5. The first-order valence-electron chi connectivity index (χ1n) is 25.4. The van der Waals surface area contributed by atoms with E-state index in [1.165, 1.54) is 167 Å². The number of carbonyl (C=O) groups excluding carboxylic acids is 3. The average Bonchev–Trinajstić information content (AvgIpc) is 3.21. The fraction of sp³-hybridized carbons (Fsp3) is 0.865. The molecule has 0 amide bonds. The van der Waals surface area contributed by atoms with Crippen LogP contribution in [0.5, 0.6) is 0 Å². The van der Waals surface area contributed by atoms with Crippen LogP contribution in [0.3, 0.4) is 0 Å². The van der Waals surface area contributed by atoms with Crippen molar-refractivity contribution in [3.8, 4) is 0 Å². The van der Waals surface area contributed by atoms with E-state index in [-0.39, 0.29) is 42.7 Å². The normalized spacial score (nSPS) is 13.0. The second-order valence-electron chi connectivity index (χ2n) is 18.4. The molecular formula is C52H97NO7. The topological polar surface area (TPSA) is 102 Å². The predicted molar refractivity (Wildman–Crippen MR) is 250 cm³/mol. The van der Waals surface area contributed by atoms with Crippen LogP contribution in [-0.4, -0.2) is 75.5 Å². The van der Waals surface area contributed by atoms with Crippen LogP contribution in [-0.2, 0) is 28.6 Å². The van der Waals surface area contributed by atoms with E-state index < -0.39 is 18.1 Å². The van der Waals surface area contributed by atoms with Gasteiger partial charge in [0.1, 0.15) is 12.6 Å². The van der Waals surface area contributed by atoms with E-state index in [2.05, 4.69) is 38.2 Å². The summed E-state index contributed by atoms with van der Waals surface area (Å²) in [6.45, 7) is 4.68. The maximum atomic E-state index is 12.8. The Kier molecular flexibility index (Phi) is 41.9. The Bertz CT molecular complexity index is 1040. The van der Waals surface area contributed by atoms with Gasteiger partial charge in [-0.2, -0.15) is 0 Å². The van der Waals surface area contributed by atoms with Crippen LogP contribution in [0.2, 0.25) is 0 Å². The number of carbonyl (C=O) groups is 3. The van der Waals surface area contributed by atoms with E-state index in [4.69, 9.17) is 14.2 Å². The van der Waals surface area contributed by atoms with Crippen LogP contribution >= 0.6 is 0 Å². The molecule has 8 nitrogen and oxygen atoms in total. The maximum absolute atomic E-state index is 12.8. The summed E-state index contributed by atoms with van der Waals surface area (Å²) in [6, 6.07) is -0.724. The van der Waals surface area contributed by atoms with Crippen LogP contribution in [0.1, 0.15) is 239 Å². The molecular weight excluding hydrogens is 751 g/mol. The van der Waals surface area contributed by atoms with Crippen molar-refractivity contribution < 1.29 is 38.2 Å². The Morgan fingerprint density at radius 1 is 0.500 bits per heavy atom. The van der Waals surface area contributed by atoms with Crippen LogP contribution in [0.15, 0.2) is 24.3 Å². The summed E-state index contributed by atoms with van der Waals surface area (Å²) in [4.78, 5) is 37.0. The molecule has 0 heterocycles. The van der Waals surface area contributed by atoms with Gasteiger partial charge in [-0.25, -0.2) is 0 Å². The molecule has 0 bridgehead atoms. The molecule has 352 valence electrons. The van der Waals surface area contributed by atoms with Gasteiger partial charge in [-0.05, 0) is 38.5 Å². The molecule has 0 N–H and O–H groups in total. The molecule has 2 atom stereocenters. The van der Waals surface area contributed by atoms with Crippen molar-refractivity contribution in [2.45, 2.75) is 251 Å². The number of aliphatic carboxylic acids is 1. The zero-order valence-corrected chi connectivity index (χ0v) is 40.1. The van der Waals surface area contributed by atoms with Gasteiger partial charge >= 0.3 is 11.9 Å². The minimum absolute atomic E-state index is 0.0439. The number of hydrogen-bond donors (Lipinski definition) is 0. The molecule has 2 unspecified atom stereocenters. The number of likely N-dealkylation sites (N-methyl/N-ethyl adjacent to an activating group) is 1. The fourth-order valence-electron chi connectivity index (χ4n) is 7.65. The molecule has 0 aromatic rings. The predicted octanol–water partition coefficient (Wildman–Crippen LogP) is 13.1. The molecule has 0 radical (unpaired) electrons. The smallest absolute Gasteiger partial charge is 0.306 e. The zero-order valence-electron chi connectivity index (χ0n) is 40.1. The van der Waals surface area contributed by atoms with Gasteiger partial charge in [0.15, 0.2) is 6.10 Å². The lowest BCUT2D eigenvalue weighted by Gasteiger charge is -2.34. The zero-order chi connectivity index (χ0) is 44.2. The summed E-state index contributed by atoms with van der Waals surface area (Å²) in [5, 5.41) is 11.7. The summed E-state index contributed by atoms with van der Waals surface area (Å²) in [5.74, 6) is -1.72. The molecule has 0 aliphatic heterocycles. The summed E-state index contributed by atoms with van der Waals surface area (Å²) in [5.41, 5.74) is 0. The third kappa shape index (κ3) is 41.2. The summed E-state index contributed by atoms with van der Waals surface area (Å²) in [7, 11) is 5.42. The summed E-state index contributed by atoms with van der Waals surface area (Å²) < 4.78 is 17.2. The highest BCUT2D eigenvalue weighted by atomic mass is 16.6. The number of carboxylic acids is 1. The fourth-order valence-corrected chi connectivity index (χ4v) is 7.65. The first-order valence-corrected chi connectivity index (χ1v) is 25.4. The van der Waals surface area contributed by atoms with Gasteiger partial charge in [0.2, 0.25) is 0 Å². The standard InChI is InChI=1S/C52H97NO7/c1-6-8-10-12-14-16-18-20-22-24-25-26-27-29-31-33-35-37-39-41-43-51(55)60-48(46-58-45-44-49(52(56)57)53(3,4)5)47-59-50(54)42-40-38-36-34-32-30-28-23-21-19-17-15-13-11-9-7-2/h16,18,20,22,48-49H,6-15,17,19,21,23-47H2,1-5H3/b18-16+,22-20+. The summed E-state index contributed by atoms with van der Waals surface area (Å²) in [6.07, 6.45) is 49.1. The molecule has 0 saturated carbocycles. The first-order chi connectivity index (χ1) is 29.1. The van der Waals surface area contributed by atoms with Gasteiger partial charge in [-0.15, -0.1) is 0 Å². The number of esters is 2. The van der Waals surface area contributed by atoms with E-state index in [1.54, 1.807) is 0 Å². The highest BCUT2D eigenvalue weighted by Gasteiger charge is 2.25. The first kappa shape index (κ1) is 57.8. The number of rotatable bonds is 46. The largest absolute Gasteiger partial charge is 0.544 e. The van der Waals surface area contributed by atoms with Crippen molar-refractivity contribution in [3.05, 3.63) is 24.3 Å². The van der Waals surface area contributed by atoms with E-state index in [0.29, 0.717) is 12.8 Å². The molecule has 0 aromatic carbocycles. The second-order valence-corrected chi connectivity index (χ2v) is 18.4. The summed E-state index contributed by atoms with van der Waals surface area (Å²) >= 11 is 0. The molecule has 0 aliphatic carbocycles. The van der Waals surface area contributed by atoms with Crippen LogP contribution in [0, 0.1) is 0 Å². The number of unbranched alkanes of at least 4 members (excludes halogenated alkanes) is 29. The van der Waals surface area contributed by atoms with E-state index in [1.807, 2.05) is 21.1 Å². The van der Waals surface area contributed by atoms with Gasteiger partial charge in [0.05, 0.1) is 40.3 Å². The number of ether oxygens (including phenoxy) is 3. The van der Waals surface area contributed by atoms with Crippen molar-refractivity contribution in [1.82, 2.24) is 0 Å². The highest BCUT2D eigenvalue weighted by Crippen LogP contribution is 2.16. The Morgan fingerprint density at radius 2 is 0.867 bits per heavy atom. The van der Waals surface area contributed by atoms with Gasteiger partial charge in [-0.1, -0.05) is 205 Å². The molecule has 0 aromatic heterocycles. The monoisotopic (exact) mass is 848 g/mol. The molecule has 0 aliphatic rings. The minimum atomic E-state index is -1.12. The van der Waals surface area contributed by atoms with E-state index in [9.17, 15) is 19.5 Å². The molecule has 0 rings (SSSR count). The van der Waals surface area contributed by atoms with Crippen molar-refractivity contribution >= 4 is 17.9 Å². The molecule has 0 fully saturated rings. The molecule has 60 heavy (non-hydrogen) atoms. The Morgan fingerprint density at radius 3 is 1.27 bits per heavy atom. The van der Waals surface area contributed by atoms with Gasteiger partial charge in [-0.3, -0.25) is 9.59 Å². The van der Waals surface area contributed by atoms with Crippen LogP contribution in [0.4, 0.5) is 0 Å². The highest BCUT2D eigenvalue weighted by molar-refractivity contribution is 5.70. The third-order valence-electron chi connectivity index (χ3n) is 11.6. The number of quaternary nitrogens is 1. The Hall–Kier alpha value is -2.19. The van der Waals surface area contributed by atoms with Gasteiger partial charge in [0.25, 0.3) is 0 Å². The van der Waals surface area contributed by atoms with Gasteiger partial charge < -0.3 is 28.6 Å². The number of carboxylic acid groups (broad SMARTS) is 1. The minimum Gasteiger partial charge on any atom is -0.544 e. The van der Waals surface area contributed by atoms with Crippen molar-refractivity contribution in [1.29, 1.82) is 0 Å². The molecule has 0 saturated heterocycles. The lowest BCUT2D eigenvalue weighted by molar-refractivity contribution is -0.889. The number of allylic oxidation sites excluding steroid dienone is 4. The van der Waals surface area contributed by atoms with Crippen LogP contribution < -0.4 is 5.11 Å². The van der Waals surface area contributed by atoms with Crippen molar-refractivity contribution in [2.24, 2.45) is 0 Å². The van der Waals surface area contributed by atoms with E-state index in [0.717, 1.165) is 38.5 Å². The molecule has 0 spiro atoms. The number of hydrogen-bond acceptors (Lipinski definition) is 7. The lowest BCUT2D eigenvalue weighted by Crippen LogP contribution is -2.55. The van der Waals surface area contributed by atoms with E-state index >= 15 is 0 Å². The van der Waals surface area contributed by atoms with Crippen molar-refractivity contribution in [3.63, 3.8) is 0 Å². The quantitative estimate of drug-likeness (QED) is 0.0260. The van der Waals surface area contributed by atoms with Crippen molar-refractivity contribution in [2.75, 3.05) is 41.0 Å². The Balaban J connectivity index is 4.23. The maximum Gasteiger partial charge on any atom is 0.306 e. The molecule has 8 heteroatoms. The average molecular weight is 848 g/mol. The van der Waals surface area contributed by atoms with Crippen LogP contribution in [0.25, 0.3) is 0 Å². The Labute approximate surface area is 371 Å². The van der Waals surface area contributed by atoms with Gasteiger partial charge in [0, 0.05) is 19.3 Å².